The van der Waals surface area contributed by atoms with Gasteiger partial charge in [0.1, 0.15) is 5.82 Å². The first-order valence-electron chi connectivity index (χ1n) is 3.75. The van der Waals surface area contributed by atoms with Gasteiger partial charge in [0, 0.05) is 5.56 Å². The van der Waals surface area contributed by atoms with Crippen LogP contribution in [0, 0.1) is 11.3 Å². The second kappa shape index (κ2) is 3.87. The number of anilines is 2. The first kappa shape index (κ1) is 10.2. The van der Waals surface area contributed by atoms with Gasteiger partial charge in [-0.2, -0.15) is 5.26 Å². The summed E-state index contributed by atoms with van der Waals surface area (Å²) in [7, 11) is 0. The summed E-state index contributed by atoms with van der Waals surface area (Å²) in [4.78, 5) is 3.61. The van der Waals surface area contributed by atoms with Crippen molar-refractivity contribution in [2.45, 2.75) is 12.8 Å². The first-order valence-corrected chi connectivity index (χ1v) is 3.75. The minimum Gasteiger partial charge on any atom is -0.397 e. The molecule has 0 saturated heterocycles. The number of halogens is 2. The summed E-state index contributed by atoms with van der Waals surface area (Å²) < 4.78 is 25.0. The van der Waals surface area contributed by atoms with Gasteiger partial charge in [-0.25, -0.2) is 13.8 Å². The molecule has 1 aromatic rings. The Morgan fingerprint density at radius 1 is 1.50 bits per heavy atom. The molecule has 0 saturated carbocycles. The van der Waals surface area contributed by atoms with E-state index in [-0.39, 0.29) is 29.1 Å². The molecule has 6 heteroatoms. The Bertz CT molecular complexity index is 384. The molecule has 0 aliphatic heterocycles. The number of alkyl halides is 2. The molecule has 1 aromatic heterocycles. The molecule has 0 aromatic carbocycles. The second-order valence-corrected chi connectivity index (χ2v) is 2.63. The van der Waals surface area contributed by atoms with Crippen LogP contribution < -0.4 is 11.5 Å². The van der Waals surface area contributed by atoms with Crippen molar-refractivity contribution in [1.29, 1.82) is 5.26 Å². The molecular weight excluding hydrogens is 190 g/mol. The van der Waals surface area contributed by atoms with E-state index in [2.05, 4.69) is 4.98 Å². The summed E-state index contributed by atoms with van der Waals surface area (Å²) in [5.74, 6) is -0.0731. The van der Waals surface area contributed by atoms with Gasteiger partial charge in [0.25, 0.3) is 6.43 Å². The lowest BCUT2D eigenvalue weighted by molar-refractivity contribution is 0.151. The van der Waals surface area contributed by atoms with Crippen LogP contribution in [-0.2, 0) is 6.42 Å². The van der Waals surface area contributed by atoms with Crippen LogP contribution in [0.4, 0.5) is 20.3 Å². The van der Waals surface area contributed by atoms with E-state index in [0.29, 0.717) is 0 Å². The van der Waals surface area contributed by atoms with Crippen molar-refractivity contribution in [3.8, 4) is 6.07 Å². The normalized spacial score (nSPS) is 10.1. The van der Waals surface area contributed by atoms with E-state index in [9.17, 15) is 8.78 Å². The standard InChI is InChI=1S/C8H8F2N4/c9-7(10)6-4(1-2-11)8(13)14-3-5(6)12/h3,7H,1,12H2,(H2,13,14). The Labute approximate surface area is 79.1 Å². The second-order valence-electron chi connectivity index (χ2n) is 2.63. The summed E-state index contributed by atoms with van der Waals surface area (Å²) >= 11 is 0. The number of nitrogens with two attached hydrogens (primary N) is 2. The fourth-order valence-electron chi connectivity index (χ4n) is 1.12. The van der Waals surface area contributed by atoms with Crippen LogP contribution in [0.5, 0.6) is 0 Å². The number of aromatic nitrogens is 1. The Kier molecular flexibility index (Phi) is 2.82. The molecular formula is C8H8F2N4. The minimum atomic E-state index is -2.75. The molecule has 14 heavy (non-hydrogen) atoms. The highest BCUT2D eigenvalue weighted by Gasteiger charge is 2.19. The molecule has 4 N–H and O–H groups in total. The van der Waals surface area contributed by atoms with Gasteiger partial charge in [-0.15, -0.1) is 0 Å². The molecule has 0 atom stereocenters. The zero-order chi connectivity index (χ0) is 10.7. The quantitative estimate of drug-likeness (QED) is 0.748. The molecule has 0 bridgehead atoms. The molecule has 1 rings (SSSR count). The van der Waals surface area contributed by atoms with Crippen molar-refractivity contribution in [3.63, 3.8) is 0 Å². The molecule has 1 heterocycles. The molecule has 0 radical (unpaired) electrons. The van der Waals surface area contributed by atoms with Crippen LogP contribution in [-0.4, -0.2) is 4.98 Å². The Balaban J connectivity index is 3.35. The minimum absolute atomic E-state index is 0.0162. The fraction of sp³-hybridized carbons (Fsp3) is 0.250. The van der Waals surface area contributed by atoms with E-state index >= 15 is 0 Å². The van der Waals surface area contributed by atoms with Crippen molar-refractivity contribution < 1.29 is 8.78 Å². The third-order valence-electron chi connectivity index (χ3n) is 1.76. The average Bonchev–Trinajstić information content (AvgIpc) is 2.11. The zero-order valence-electron chi connectivity index (χ0n) is 7.17. The Morgan fingerprint density at radius 3 is 2.64 bits per heavy atom. The van der Waals surface area contributed by atoms with Crippen molar-refractivity contribution in [1.82, 2.24) is 4.98 Å². The number of pyridine rings is 1. The van der Waals surface area contributed by atoms with Gasteiger partial charge < -0.3 is 11.5 Å². The molecule has 0 fully saturated rings. The lowest BCUT2D eigenvalue weighted by Gasteiger charge is -2.10. The van der Waals surface area contributed by atoms with Gasteiger partial charge in [-0.3, -0.25) is 0 Å². The lowest BCUT2D eigenvalue weighted by Crippen LogP contribution is -2.06. The third kappa shape index (κ3) is 1.71. The monoisotopic (exact) mass is 198 g/mol. The predicted octanol–water partition coefficient (Wildman–Crippen LogP) is 1.25. The van der Waals surface area contributed by atoms with Crippen LogP contribution >= 0.6 is 0 Å². The Morgan fingerprint density at radius 2 is 2.14 bits per heavy atom. The number of nitriles is 1. The van der Waals surface area contributed by atoms with Crippen LogP contribution in [0.15, 0.2) is 6.20 Å². The lowest BCUT2D eigenvalue weighted by atomic mass is 10.1. The molecule has 0 aliphatic rings. The summed E-state index contributed by atoms with van der Waals surface area (Å²) in [6.45, 7) is 0. The van der Waals surface area contributed by atoms with Gasteiger partial charge in [0.15, 0.2) is 0 Å². The van der Waals surface area contributed by atoms with Gasteiger partial charge in [-0.1, -0.05) is 0 Å². The zero-order valence-corrected chi connectivity index (χ0v) is 7.17. The smallest absolute Gasteiger partial charge is 0.266 e. The molecule has 0 spiro atoms. The summed E-state index contributed by atoms with van der Waals surface area (Å²) in [5, 5.41) is 8.42. The molecule has 0 aliphatic carbocycles. The van der Waals surface area contributed by atoms with Crippen LogP contribution in [0.1, 0.15) is 17.6 Å². The van der Waals surface area contributed by atoms with E-state index in [1.807, 2.05) is 0 Å². The maximum absolute atomic E-state index is 12.5. The van der Waals surface area contributed by atoms with Crippen LogP contribution in [0.3, 0.4) is 0 Å². The van der Waals surface area contributed by atoms with Gasteiger partial charge >= 0.3 is 0 Å². The highest BCUT2D eigenvalue weighted by atomic mass is 19.3. The van der Waals surface area contributed by atoms with E-state index in [1.165, 1.54) is 0 Å². The first-order chi connectivity index (χ1) is 6.57. The topological polar surface area (TPSA) is 88.7 Å². The Hall–Kier alpha value is -1.90. The number of nitrogen functional groups attached to an aromatic ring is 2. The average molecular weight is 198 g/mol. The summed E-state index contributed by atoms with van der Waals surface area (Å²) in [6.07, 6.45) is -1.90. The SMILES string of the molecule is N#CCc1c(N)ncc(N)c1C(F)F. The number of hydrogen-bond acceptors (Lipinski definition) is 4. The van der Waals surface area contributed by atoms with Gasteiger partial charge in [0.05, 0.1) is 29.9 Å². The highest BCUT2D eigenvalue weighted by molar-refractivity contribution is 5.58. The van der Waals surface area contributed by atoms with E-state index in [0.717, 1.165) is 6.20 Å². The largest absolute Gasteiger partial charge is 0.397 e. The van der Waals surface area contributed by atoms with Crippen molar-refractivity contribution in [3.05, 3.63) is 17.3 Å². The fourth-order valence-corrected chi connectivity index (χ4v) is 1.12. The summed E-state index contributed by atoms with van der Waals surface area (Å²) in [5.41, 5.74) is 10.2. The maximum atomic E-state index is 12.5. The van der Waals surface area contributed by atoms with Crippen LogP contribution in [0.25, 0.3) is 0 Å². The van der Waals surface area contributed by atoms with Gasteiger partial charge in [-0.05, 0) is 0 Å². The summed E-state index contributed by atoms with van der Waals surface area (Å²) in [6, 6.07) is 1.74. The van der Waals surface area contributed by atoms with E-state index < -0.39 is 6.43 Å². The predicted molar refractivity (Wildman–Crippen MR) is 47.3 cm³/mol. The number of hydrogen-bond donors (Lipinski definition) is 2. The van der Waals surface area contributed by atoms with Crippen LogP contribution in [0.2, 0.25) is 0 Å². The maximum Gasteiger partial charge on any atom is 0.266 e. The van der Waals surface area contributed by atoms with Crippen molar-refractivity contribution in [2.24, 2.45) is 0 Å². The van der Waals surface area contributed by atoms with Crippen molar-refractivity contribution >= 4 is 11.5 Å². The van der Waals surface area contributed by atoms with E-state index in [4.69, 9.17) is 16.7 Å². The van der Waals surface area contributed by atoms with E-state index in [1.54, 1.807) is 6.07 Å². The van der Waals surface area contributed by atoms with Gasteiger partial charge in [0.2, 0.25) is 0 Å². The molecule has 74 valence electrons. The third-order valence-corrected chi connectivity index (χ3v) is 1.76. The number of nitrogens with zero attached hydrogens (tertiary/aromatic N) is 2. The molecule has 0 amide bonds. The van der Waals surface area contributed by atoms with Crippen molar-refractivity contribution in [2.75, 3.05) is 11.5 Å². The highest BCUT2D eigenvalue weighted by Crippen LogP contribution is 2.30. The molecule has 0 unspecified atom stereocenters. The molecule has 4 nitrogen and oxygen atoms in total. The number of rotatable bonds is 2.